The second kappa shape index (κ2) is 6.72. The van der Waals surface area contributed by atoms with Gasteiger partial charge in [0, 0.05) is 25.8 Å². The average molecular weight is 240 g/mol. The van der Waals surface area contributed by atoms with E-state index in [9.17, 15) is 14.4 Å². The topological polar surface area (TPSA) is 98.3 Å². The van der Waals surface area contributed by atoms with Crippen molar-refractivity contribution in [1.82, 2.24) is 5.06 Å². The third-order valence-electron chi connectivity index (χ3n) is 2.34. The number of hydrogen-bond acceptors (Lipinski definition) is 5. The van der Waals surface area contributed by atoms with Crippen molar-refractivity contribution in [3.63, 3.8) is 0 Å². The quantitative estimate of drug-likeness (QED) is 0.379. The largest absolute Gasteiger partial charge is 0.712 e. The summed E-state index contributed by atoms with van der Waals surface area (Å²) in [7, 11) is 0. The zero-order chi connectivity index (χ0) is 12.7. The molecule has 94 valence electrons. The maximum absolute atomic E-state index is 11.3. The van der Waals surface area contributed by atoms with Crippen LogP contribution in [-0.2, 0) is 19.2 Å². The first-order chi connectivity index (χ1) is 8.15. The molecule has 1 aliphatic heterocycles. The lowest BCUT2D eigenvalue weighted by Gasteiger charge is -2.12. The van der Waals surface area contributed by atoms with Crippen LogP contribution < -0.4 is 0 Å². The number of hydroxylamine groups is 2. The summed E-state index contributed by atoms with van der Waals surface area (Å²) in [6.07, 6.45) is 2.33. The molecule has 0 N–H and O–H groups in total. The van der Waals surface area contributed by atoms with Crippen LogP contribution in [0.25, 0.3) is 5.53 Å². The van der Waals surface area contributed by atoms with Gasteiger partial charge in [-0.25, -0.2) is 4.79 Å². The van der Waals surface area contributed by atoms with Gasteiger partial charge < -0.3 is 15.5 Å². The van der Waals surface area contributed by atoms with Crippen LogP contribution in [0.4, 0.5) is 0 Å². The summed E-state index contributed by atoms with van der Waals surface area (Å²) in [6, 6.07) is 0. The van der Waals surface area contributed by atoms with Gasteiger partial charge in [-0.2, -0.15) is 0 Å². The van der Waals surface area contributed by atoms with Gasteiger partial charge in [0.25, 0.3) is 11.8 Å². The lowest BCUT2D eigenvalue weighted by Crippen LogP contribution is -2.31. The summed E-state index contributed by atoms with van der Waals surface area (Å²) in [4.78, 5) is 38.2. The molecular weight excluding hydrogens is 226 g/mol. The molecule has 7 nitrogen and oxygen atoms in total. The molecule has 0 aromatic rings. The molecule has 0 aliphatic carbocycles. The number of nitrogens with zero attached hydrogens (tertiary/aromatic N) is 3. The molecular formula is C10H14N3O4-. The van der Waals surface area contributed by atoms with E-state index in [1.807, 2.05) is 0 Å². The number of carbonyl (C=O) groups is 3. The molecule has 7 heteroatoms. The maximum atomic E-state index is 11.3. The van der Waals surface area contributed by atoms with Gasteiger partial charge in [0.05, 0.1) is 0 Å². The van der Waals surface area contributed by atoms with Gasteiger partial charge in [0.15, 0.2) is 0 Å². The molecule has 0 spiro atoms. The highest BCUT2D eigenvalue weighted by atomic mass is 16.7. The Bertz CT molecular complexity index is 314. The number of carbonyl (C=O) groups excluding carboxylic acids is 3. The van der Waals surface area contributed by atoms with Gasteiger partial charge in [0.1, 0.15) is 0 Å². The van der Waals surface area contributed by atoms with Crippen molar-refractivity contribution in [3.05, 3.63) is 5.53 Å². The molecule has 1 aliphatic rings. The number of hydrogen-bond donors (Lipinski definition) is 0. The smallest absolute Gasteiger partial charge is 0.333 e. The van der Waals surface area contributed by atoms with Gasteiger partial charge >= 0.3 is 5.97 Å². The minimum Gasteiger partial charge on any atom is -0.712 e. The molecule has 1 saturated heterocycles. The lowest BCUT2D eigenvalue weighted by molar-refractivity contribution is -0.197. The average Bonchev–Trinajstić information content (AvgIpc) is 2.60. The van der Waals surface area contributed by atoms with Gasteiger partial charge in [-0.1, -0.05) is 6.42 Å². The predicted octanol–water partition coefficient (Wildman–Crippen LogP) is 1.18. The predicted molar refractivity (Wildman–Crippen MR) is 56.3 cm³/mol. The van der Waals surface area contributed by atoms with Gasteiger partial charge in [-0.3, -0.25) is 9.59 Å². The third-order valence-corrected chi connectivity index (χ3v) is 2.34. The van der Waals surface area contributed by atoms with E-state index in [4.69, 9.17) is 5.53 Å². The van der Waals surface area contributed by atoms with E-state index in [1.165, 1.54) is 0 Å². The maximum Gasteiger partial charge on any atom is 0.333 e. The van der Waals surface area contributed by atoms with Gasteiger partial charge in [-0.05, 0) is 12.8 Å². The Labute approximate surface area is 98.6 Å². The fraction of sp³-hybridized carbons (Fsp3) is 0.700. The Hall–Kier alpha value is -1.79. The molecule has 0 saturated carbocycles. The Morgan fingerprint density at radius 1 is 1.24 bits per heavy atom. The van der Waals surface area contributed by atoms with Gasteiger partial charge in [-0.15, -0.1) is 5.06 Å². The minimum absolute atomic E-state index is 0.101. The number of amides is 2. The van der Waals surface area contributed by atoms with Crippen molar-refractivity contribution in [2.75, 3.05) is 6.54 Å². The molecule has 0 radical (unpaired) electrons. The van der Waals surface area contributed by atoms with E-state index < -0.39 is 17.8 Å². The Balaban J connectivity index is 2.18. The second-order valence-corrected chi connectivity index (χ2v) is 3.72. The van der Waals surface area contributed by atoms with Gasteiger partial charge in [0.2, 0.25) is 0 Å². The van der Waals surface area contributed by atoms with E-state index in [1.54, 1.807) is 0 Å². The van der Waals surface area contributed by atoms with Crippen LogP contribution in [0.1, 0.15) is 38.5 Å². The summed E-state index contributed by atoms with van der Waals surface area (Å²) in [6.45, 7) is 0.345. The molecule has 1 rings (SSSR count). The summed E-state index contributed by atoms with van der Waals surface area (Å²) in [5.41, 5.74) is 8.17. The fourth-order valence-corrected chi connectivity index (χ4v) is 1.43. The Kier molecular flexibility index (Phi) is 5.25. The van der Waals surface area contributed by atoms with Crippen molar-refractivity contribution >= 4 is 17.8 Å². The molecule has 1 fully saturated rings. The molecule has 1 heterocycles. The second-order valence-electron chi connectivity index (χ2n) is 3.72. The van der Waals surface area contributed by atoms with E-state index in [0.717, 1.165) is 6.42 Å². The van der Waals surface area contributed by atoms with Crippen LogP contribution in [0.2, 0.25) is 0 Å². The van der Waals surface area contributed by atoms with Crippen molar-refractivity contribution in [2.45, 2.75) is 38.5 Å². The number of unbranched alkanes of at least 4 members (excludes halogenated alkanes) is 2. The first-order valence-corrected chi connectivity index (χ1v) is 5.52. The van der Waals surface area contributed by atoms with E-state index in [0.29, 0.717) is 24.4 Å². The van der Waals surface area contributed by atoms with Crippen LogP contribution in [0, 0.1) is 0 Å². The van der Waals surface area contributed by atoms with Crippen LogP contribution in [0.15, 0.2) is 5.11 Å². The molecule has 0 aromatic heterocycles. The first kappa shape index (κ1) is 13.3. The van der Waals surface area contributed by atoms with Crippen molar-refractivity contribution < 1.29 is 19.2 Å². The van der Waals surface area contributed by atoms with E-state index >= 15 is 0 Å². The van der Waals surface area contributed by atoms with E-state index in [2.05, 4.69) is 9.95 Å². The summed E-state index contributed by atoms with van der Waals surface area (Å²) < 4.78 is 0. The molecule has 0 aromatic carbocycles. The number of imide groups is 1. The molecule has 17 heavy (non-hydrogen) atoms. The molecule has 2 amide bonds. The Morgan fingerprint density at radius 2 is 1.88 bits per heavy atom. The zero-order valence-electron chi connectivity index (χ0n) is 9.42. The van der Waals surface area contributed by atoms with Crippen LogP contribution in [0.3, 0.4) is 0 Å². The summed E-state index contributed by atoms with van der Waals surface area (Å²) in [5, 5.41) is 3.49. The van der Waals surface area contributed by atoms with Crippen molar-refractivity contribution in [1.29, 1.82) is 0 Å². The highest BCUT2D eigenvalue weighted by molar-refractivity contribution is 6.01. The minimum atomic E-state index is -0.588. The monoisotopic (exact) mass is 240 g/mol. The SMILES string of the molecule is [N-]=NCCCCCC(=O)ON1C(=O)CCC1=O. The highest BCUT2D eigenvalue weighted by Gasteiger charge is 2.32. The zero-order valence-corrected chi connectivity index (χ0v) is 9.42. The van der Waals surface area contributed by atoms with Crippen LogP contribution in [-0.4, -0.2) is 29.4 Å². The van der Waals surface area contributed by atoms with Crippen LogP contribution >= 0.6 is 0 Å². The summed E-state index contributed by atoms with van der Waals surface area (Å²) >= 11 is 0. The normalized spacial score (nSPS) is 15.2. The third kappa shape index (κ3) is 4.29. The fourth-order valence-electron chi connectivity index (χ4n) is 1.43. The first-order valence-electron chi connectivity index (χ1n) is 5.52. The summed E-state index contributed by atoms with van der Waals surface area (Å²) in [5.74, 6) is -1.53. The molecule has 0 atom stereocenters. The Morgan fingerprint density at radius 3 is 2.47 bits per heavy atom. The van der Waals surface area contributed by atoms with E-state index in [-0.39, 0.29) is 19.3 Å². The highest BCUT2D eigenvalue weighted by Crippen LogP contribution is 2.13. The van der Waals surface area contributed by atoms with Crippen molar-refractivity contribution in [3.8, 4) is 0 Å². The lowest BCUT2D eigenvalue weighted by atomic mass is 10.2. The number of rotatable bonds is 7. The van der Waals surface area contributed by atoms with Crippen LogP contribution in [0.5, 0.6) is 0 Å². The van der Waals surface area contributed by atoms with Crippen molar-refractivity contribution in [2.24, 2.45) is 5.11 Å². The molecule has 0 bridgehead atoms. The standard InChI is InChI=1S/C10H14N3O4/c11-12-7-3-1-2-4-10(16)17-13-8(14)5-6-9(13)15/h1-7H2/q-1. The molecule has 0 unspecified atom stereocenters.